The Hall–Kier alpha value is -7.82. The average Bonchev–Trinajstić information content (AvgIpc) is 3.63. The van der Waals surface area contributed by atoms with Gasteiger partial charge in [-0.15, -0.1) is 0 Å². The maximum Gasteiger partial charge on any atom is 0.159 e. The zero-order chi connectivity index (χ0) is 38.4. The van der Waals surface area contributed by atoms with Gasteiger partial charge in [0, 0.05) is 32.8 Å². The van der Waals surface area contributed by atoms with E-state index in [9.17, 15) is 0 Å². The zero-order valence-electron chi connectivity index (χ0n) is 31.6. The molecular weight excluding hydrogens is 705 g/mol. The summed E-state index contributed by atoms with van der Waals surface area (Å²) in [5.74, 6) is 0.699. The number of aromatic nitrogens is 3. The molecule has 2 aromatic heterocycles. The van der Waals surface area contributed by atoms with Gasteiger partial charge in [-0.2, -0.15) is 0 Å². The summed E-state index contributed by atoms with van der Waals surface area (Å²) in [6.45, 7) is 0. The molecule has 0 aliphatic rings. The van der Waals surface area contributed by atoms with E-state index in [1.807, 2.05) is 42.7 Å². The third-order valence-corrected chi connectivity index (χ3v) is 11.3. The third-order valence-electron chi connectivity index (χ3n) is 11.3. The molecule has 11 rings (SSSR count). The number of anilines is 3. The molecule has 0 N–H and O–H groups in total. The van der Waals surface area contributed by atoms with Crippen molar-refractivity contribution in [3.05, 3.63) is 219 Å². The molecule has 0 fully saturated rings. The molecule has 11 aromatic rings. The van der Waals surface area contributed by atoms with E-state index in [-0.39, 0.29) is 0 Å². The lowest BCUT2D eigenvalue weighted by Crippen LogP contribution is -2.11. The minimum absolute atomic E-state index is 0.699. The standard InChI is InChI=1S/C54H36N4/c1-2-15-41(16-3-1)54-55-35-45(36-56-54)57(50-25-11-17-39-13-4-6-21-46(39)50)44-20-10-19-42(33-44)37-27-29-38(30-28-37)43-31-32-49-48-23-8-9-24-52(48)58(53(49)34-43)51-26-12-18-40-14-5-7-22-47(40)51/h1-36H. The van der Waals surface area contributed by atoms with Crippen LogP contribution in [-0.2, 0) is 0 Å². The smallest absolute Gasteiger partial charge is 0.159 e. The lowest BCUT2D eigenvalue weighted by Gasteiger charge is -2.26. The van der Waals surface area contributed by atoms with Crippen molar-refractivity contribution < 1.29 is 0 Å². The monoisotopic (exact) mass is 740 g/mol. The zero-order valence-corrected chi connectivity index (χ0v) is 31.6. The molecule has 4 heteroatoms. The summed E-state index contributed by atoms with van der Waals surface area (Å²) in [7, 11) is 0. The quantitative estimate of drug-likeness (QED) is 0.163. The van der Waals surface area contributed by atoms with Gasteiger partial charge >= 0.3 is 0 Å². The minimum atomic E-state index is 0.699. The van der Waals surface area contributed by atoms with Gasteiger partial charge in [0.1, 0.15) is 0 Å². The van der Waals surface area contributed by atoms with E-state index in [2.05, 4.69) is 185 Å². The first-order valence-corrected chi connectivity index (χ1v) is 19.6. The average molecular weight is 741 g/mol. The lowest BCUT2D eigenvalue weighted by atomic mass is 9.98. The number of hydrogen-bond donors (Lipinski definition) is 0. The Balaban J connectivity index is 0.982. The fourth-order valence-corrected chi connectivity index (χ4v) is 8.50. The highest BCUT2D eigenvalue weighted by atomic mass is 15.2. The third kappa shape index (κ3) is 5.78. The van der Waals surface area contributed by atoms with Crippen LogP contribution in [0.2, 0.25) is 0 Å². The maximum atomic E-state index is 4.83. The largest absolute Gasteiger partial charge is 0.309 e. The van der Waals surface area contributed by atoms with E-state index in [1.165, 1.54) is 54.8 Å². The molecule has 0 saturated carbocycles. The van der Waals surface area contributed by atoms with Crippen molar-refractivity contribution in [1.82, 2.24) is 14.5 Å². The van der Waals surface area contributed by atoms with E-state index in [0.29, 0.717) is 5.82 Å². The van der Waals surface area contributed by atoms with Gasteiger partial charge < -0.3 is 9.47 Å². The molecule has 0 radical (unpaired) electrons. The number of nitrogens with zero attached hydrogens (tertiary/aromatic N) is 4. The Morgan fingerprint density at radius 3 is 1.67 bits per heavy atom. The summed E-state index contributed by atoms with van der Waals surface area (Å²) in [4.78, 5) is 11.9. The second-order valence-corrected chi connectivity index (χ2v) is 14.7. The molecule has 0 aliphatic carbocycles. The second-order valence-electron chi connectivity index (χ2n) is 14.7. The molecule has 0 bridgehead atoms. The van der Waals surface area contributed by atoms with Crippen LogP contribution in [-0.4, -0.2) is 14.5 Å². The SMILES string of the molecule is c1ccc(-c2ncc(N(c3cccc(-c4ccc(-c5ccc6c7ccccc7n(-c7cccc8ccccc78)c6c5)cc4)c3)c3cccc4ccccc34)cn2)cc1. The van der Waals surface area contributed by atoms with Crippen LogP contribution in [0.25, 0.3) is 82.7 Å². The molecule has 272 valence electrons. The fraction of sp³-hybridized carbons (Fsp3) is 0. The van der Waals surface area contributed by atoms with Crippen molar-refractivity contribution in [2.24, 2.45) is 0 Å². The molecule has 4 nitrogen and oxygen atoms in total. The number of para-hydroxylation sites is 1. The predicted molar refractivity (Wildman–Crippen MR) is 242 cm³/mol. The normalized spacial score (nSPS) is 11.4. The Kier molecular flexibility index (Phi) is 8.11. The van der Waals surface area contributed by atoms with E-state index in [0.717, 1.165) is 39.1 Å². The molecule has 0 spiro atoms. The van der Waals surface area contributed by atoms with E-state index >= 15 is 0 Å². The molecule has 0 unspecified atom stereocenters. The van der Waals surface area contributed by atoms with Gasteiger partial charge in [0.15, 0.2) is 5.82 Å². The first kappa shape index (κ1) is 33.5. The Morgan fingerprint density at radius 1 is 0.345 bits per heavy atom. The molecular formula is C54H36N4. The summed E-state index contributed by atoms with van der Waals surface area (Å²) >= 11 is 0. The number of fused-ring (bicyclic) bond motifs is 5. The van der Waals surface area contributed by atoms with Crippen molar-refractivity contribution in [2.45, 2.75) is 0 Å². The van der Waals surface area contributed by atoms with Crippen molar-refractivity contribution >= 4 is 60.4 Å². The van der Waals surface area contributed by atoms with Crippen molar-refractivity contribution in [3.63, 3.8) is 0 Å². The van der Waals surface area contributed by atoms with Gasteiger partial charge in [-0.25, -0.2) is 9.97 Å². The summed E-state index contributed by atoms with van der Waals surface area (Å²) in [5.41, 5.74) is 12.2. The molecule has 0 atom stereocenters. The Morgan fingerprint density at radius 2 is 0.897 bits per heavy atom. The van der Waals surface area contributed by atoms with E-state index in [4.69, 9.17) is 9.97 Å². The van der Waals surface area contributed by atoms with Crippen molar-refractivity contribution in [3.8, 4) is 39.3 Å². The van der Waals surface area contributed by atoms with Crippen LogP contribution in [0.15, 0.2) is 219 Å². The summed E-state index contributed by atoms with van der Waals surface area (Å²) < 4.78 is 2.43. The molecule has 9 aromatic carbocycles. The van der Waals surface area contributed by atoms with Crippen molar-refractivity contribution in [1.29, 1.82) is 0 Å². The summed E-state index contributed by atoms with van der Waals surface area (Å²) in [6, 6.07) is 73.6. The summed E-state index contributed by atoms with van der Waals surface area (Å²) in [6.07, 6.45) is 3.85. The van der Waals surface area contributed by atoms with Gasteiger partial charge in [0.2, 0.25) is 0 Å². The minimum Gasteiger partial charge on any atom is -0.309 e. The highest BCUT2D eigenvalue weighted by Gasteiger charge is 2.18. The van der Waals surface area contributed by atoms with Crippen LogP contribution in [0.1, 0.15) is 0 Å². The maximum absolute atomic E-state index is 4.83. The van der Waals surface area contributed by atoms with Crippen LogP contribution in [0.5, 0.6) is 0 Å². The Bertz CT molecular complexity index is 3260. The fourth-order valence-electron chi connectivity index (χ4n) is 8.50. The van der Waals surface area contributed by atoms with Crippen LogP contribution in [0.4, 0.5) is 17.1 Å². The van der Waals surface area contributed by atoms with Crippen LogP contribution in [0.3, 0.4) is 0 Å². The molecule has 2 heterocycles. The second kappa shape index (κ2) is 14.0. The lowest BCUT2D eigenvalue weighted by molar-refractivity contribution is 1.14. The van der Waals surface area contributed by atoms with E-state index in [1.54, 1.807) is 0 Å². The summed E-state index contributed by atoms with van der Waals surface area (Å²) in [5, 5.41) is 7.30. The number of hydrogen-bond acceptors (Lipinski definition) is 3. The molecule has 58 heavy (non-hydrogen) atoms. The number of rotatable bonds is 7. The first-order valence-electron chi connectivity index (χ1n) is 19.6. The molecule has 0 saturated heterocycles. The van der Waals surface area contributed by atoms with Gasteiger partial charge in [0.25, 0.3) is 0 Å². The molecule has 0 aliphatic heterocycles. The van der Waals surface area contributed by atoms with Gasteiger partial charge in [-0.3, -0.25) is 0 Å². The van der Waals surface area contributed by atoms with Gasteiger partial charge in [-0.05, 0) is 69.4 Å². The van der Waals surface area contributed by atoms with Gasteiger partial charge in [0.05, 0.1) is 40.5 Å². The van der Waals surface area contributed by atoms with Crippen LogP contribution < -0.4 is 4.90 Å². The topological polar surface area (TPSA) is 34.0 Å². The Labute approximate surface area is 336 Å². The van der Waals surface area contributed by atoms with Crippen LogP contribution >= 0.6 is 0 Å². The van der Waals surface area contributed by atoms with Crippen molar-refractivity contribution in [2.75, 3.05) is 4.90 Å². The highest BCUT2D eigenvalue weighted by Crippen LogP contribution is 2.41. The highest BCUT2D eigenvalue weighted by molar-refractivity contribution is 6.11. The van der Waals surface area contributed by atoms with Crippen LogP contribution in [0, 0.1) is 0 Å². The predicted octanol–water partition coefficient (Wildman–Crippen LogP) is 14.4. The first-order chi connectivity index (χ1) is 28.8. The molecule has 0 amide bonds. The number of benzene rings is 9. The van der Waals surface area contributed by atoms with E-state index < -0.39 is 0 Å². The van der Waals surface area contributed by atoms with Gasteiger partial charge in [-0.1, -0.05) is 170 Å².